The van der Waals surface area contributed by atoms with Crippen molar-refractivity contribution in [2.45, 2.75) is 38.8 Å². The van der Waals surface area contributed by atoms with Gasteiger partial charge in [0.25, 0.3) is 0 Å². The van der Waals surface area contributed by atoms with Gasteiger partial charge in [0.05, 0.1) is 6.54 Å². The standard InChI is InChI=1S/C15H21N9O/c1-3-15-16-12(19-25-15)10-23-8-4-5-11(9-23)22(2)14-7-6-13-17-20-21-24(13)18-14/h6-7,11H,3-5,8-10H2,1-2H3/t11-/m0/s1. The molecule has 0 amide bonds. The lowest BCUT2D eigenvalue weighted by atomic mass is 10.0. The highest BCUT2D eigenvalue weighted by atomic mass is 16.5. The van der Waals surface area contributed by atoms with E-state index in [0.717, 1.165) is 44.0 Å². The van der Waals surface area contributed by atoms with Crippen molar-refractivity contribution < 1.29 is 4.52 Å². The fourth-order valence-corrected chi connectivity index (χ4v) is 3.20. The number of piperidine rings is 1. The van der Waals surface area contributed by atoms with Gasteiger partial charge in [-0.15, -0.1) is 14.8 Å². The Labute approximate surface area is 144 Å². The van der Waals surface area contributed by atoms with Crippen LogP contribution in [0, 0.1) is 0 Å². The summed E-state index contributed by atoms with van der Waals surface area (Å²) in [6, 6.07) is 4.20. The van der Waals surface area contributed by atoms with E-state index in [1.165, 1.54) is 4.63 Å². The lowest BCUT2D eigenvalue weighted by Crippen LogP contribution is -2.46. The van der Waals surface area contributed by atoms with Gasteiger partial charge in [-0.3, -0.25) is 4.90 Å². The Morgan fingerprint density at radius 2 is 2.28 bits per heavy atom. The number of anilines is 1. The molecule has 0 spiro atoms. The van der Waals surface area contributed by atoms with E-state index in [-0.39, 0.29) is 0 Å². The first-order valence-corrected chi connectivity index (χ1v) is 8.55. The minimum absolute atomic E-state index is 0.368. The number of likely N-dealkylation sites (tertiary alicyclic amines) is 1. The largest absolute Gasteiger partial charge is 0.354 e. The Bertz CT molecular complexity index is 844. The quantitative estimate of drug-likeness (QED) is 0.657. The van der Waals surface area contributed by atoms with Crippen molar-refractivity contribution in [3.63, 3.8) is 0 Å². The van der Waals surface area contributed by atoms with Gasteiger partial charge in [0, 0.05) is 26.1 Å². The van der Waals surface area contributed by atoms with E-state index >= 15 is 0 Å². The molecule has 1 aliphatic rings. The highest BCUT2D eigenvalue weighted by Crippen LogP contribution is 2.20. The molecule has 132 valence electrons. The van der Waals surface area contributed by atoms with Crippen molar-refractivity contribution in [3.8, 4) is 0 Å². The van der Waals surface area contributed by atoms with Gasteiger partial charge in [-0.25, -0.2) is 0 Å². The highest BCUT2D eigenvalue weighted by molar-refractivity contribution is 5.44. The summed E-state index contributed by atoms with van der Waals surface area (Å²) in [6.45, 7) is 4.70. The van der Waals surface area contributed by atoms with E-state index in [4.69, 9.17) is 4.52 Å². The predicted molar refractivity (Wildman–Crippen MR) is 89.0 cm³/mol. The van der Waals surface area contributed by atoms with Crippen LogP contribution in [0.5, 0.6) is 0 Å². The summed E-state index contributed by atoms with van der Waals surface area (Å²) in [5.41, 5.74) is 0.645. The van der Waals surface area contributed by atoms with E-state index in [2.05, 4.69) is 47.6 Å². The molecule has 10 nitrogen and oxygen atoms in total. The zero-order valence-electron chi connectivity index (χ0n) is 14.4. The van der Waals surface area contributed by atoms with Crippen LogP contribution in [0.3, 0.4) is 0 Å². The van der Waals surface area contributed by atoms with Gasteiger partial charge in [-0.2, -0.15) is 4.98 Å². The number of aromatic nitrogens is 7. The van der Waals surface area contributed by atoms with Crippen molar-refractivity contribution in [1.29, 1.82) is 0 Å². The molecule has 3 aromatic heterocycles. The maximum Gasteiger partial charge on any atom is 0.226 e. The van der Waals surface area contributed by atoms with Crippen LogP contribution >= 0.6 is 0 Å². The first-order valence-electron chi connectivity index (χ1n) is 8.55. The van der Waals surface area contributed by atoms with Gasteiger partial charge in [-0.05, 0) is 41.9 Å². The molecule has 0 radical (unpaired) electrons. The summed E-state index contributed by atoms with van der Waals surface area (Å²) < 4.78 is 6.66. The molecule has 25 heavy (non-hydrogen) atoms. The van der Waals surface area contributed by atoms with E-state index in [1.807, 2.05) is 19.1 Å². The maximum atomic E-state index is 5.20. The molecule has 4 heterocycles. The molecular weight excluding hydrogens is 322 g/mol. The fraction of sp³-hybridized carbons (Fsp3) is 0.600. The van der Waals surface area contributed by atoms with Crippen molar-refractivity contribution >= 4 is 11.5 Å². The van der Waals surface area contributed by atoms with E-state index in [9.17, 15) is 0 Å². The lowest BCUT2D eigenvalue weighted by molar-refractivity contribution is 0.192. The fourth-order valence-electron chi connectivity index (χ4n) is 3.20. The third-order valence-corrected chi connectivity index (χ3v) is 4.62. The van der Waals surface area contributed by atoms with Gasteiger partial charge in [0.15, 0.2) is 17.3 Å². The van der Waals surface area contributed by atoms with Gasteiger partial charge < -0.3 is 9.42 Å². The molecule has 0 aromatic carbocycles. The number of rotatable bonds is 5. The second-order valence-corrected chi connectivity index (χ2v) is 6.32. The van der Waals surface area contributed by atoms with E-state index < -0.39 is 0 Å². The number of tetrazole rings is 1. The third kappa shape index (κ3) is 3.29. The van der Waals surface area contributed by atoms with Gasteiger partial charge in [0.2, 0.25) is 5.89 Å². The highest BCUT2D eigenvalue weighted by Gasteiger charge is 2.25. The summed E-state index contributed by atoms with van der Waals surface area (Å²) in [4.78, 5) is 8.97. The van der Waals surface area contributed by atoms with Crippen molar-refractivity contribution in [3.05, 3.63) is 23.8 Å². The molecule has 10 heteroatoms. The number of hydrogen-bond donors (Lipinski definition) is 0. The maximum absolute atomic E-state index is 5.20. The monoisotopic (exact) mass is 343 g/mol. The zero-order chi connectivity index (χ0) is 17.2. The second kappa shape index (κ2) is 6.71. The Morgan fingerprint density at radius 1 is 1.36 bits per heavy atom. The van der Waals surface area contributed by atoms with Crippen LogP contribution in [0.25, 0.3) is 5.65 Å². The summed E-state index contributed by atoms with van der Waals surface area (Å²) in [7, 11) is 2.07. The van der Waals surface area contributed by atoms with Gasteiger partial charge >= 0.3 is 0 Å². The normalized spacial score (nSPS) is 18.7. The molecule has 0 saturated carbocycles. The number of nitrogens with zero attached hydrogens (tertiary/aromatic N) is 9. The SMILES string of the molecule is CCc1nc(CN2CCC[C@H](N(C)c3ccc4nnnn4n3)C2)no1. The van der Waals surface area contributed by atoms with Crippen LogP contribution in [0.15, 0.2) is 16.7 Å². The molecule has 0 N–H and O–H groups in total. The lowest BCUT2D eigenvalue weighted by Gasteiger charge is -2.37. The minimum Gasteiger partial charge on any atom is -0.354 e. The first kappa shape index (κ1) is 15.9. The Morgan fingerprint density at radius 3 is 3.12 bits per heavy atom. The van der Waals surface area contributed by atoms with Gasteiger partial charge in [0.1, 0.15) is 0 Å². The Balaban J connectivity index is 1.44. The van der Waals surface area contributed by atoms with Gasteiger partial charge in [-0.1, -0.05) is 12.1 Å². The second-order valence-electron chi connectivity index (χ2n) is 6.32. The van der Waals surface area contributed by atoms with Crippen LogP contribution in [-0.4, -0.2) is 66.5 Å². The molecular formula is C15H21N9O. The minimum atomic E-state index is 0.368. The van der Waals surface area contributed by atoms with E-state index in [1.54, 1.807) is 0 Å². The molecule has 4 rings (SSSR count). The van der Waals surface area contributed by atoms with Crippen LogP contribution in [0.2, 0.25) is 0 Å². The topological polar surface area (TPSA) is 101 Å². The number of likely N-dealkylation sites (N-methyl/N-ethyl adjacent to an activating group) is 1. The van der Waals surface area contributed by atoms with Crippen molar-refractivity contribution in [2.24, 2.45) is 0 Å². The summed E-state index contributed by atoms with van der Waals surface area (Å²) >= 11 is 0. The number of fused-ring (bicyclic) bond motifs is 1. The number of hydrogen-bond acceptors (Lipinski definition) is 9. The molecule has 0 unspecified atom stereocenters. The molecule has 1 fully saturated rings. The van der Waals surface area contributed by atoms with Crippen LogP contribution in [0.4, 0.5) is 5.82 Å². The molecule has 3 aromatic rings. The average molecular weight is 343 g/mol. The Kier molecular flexibility index (Phi) is 4.26. The molecule has 1 aliphatic heterocycles. The smallest absolute Gasteiger partial charge is 0.226 e. The molecule has 1 atom stereocenters. The molecule has 0 bridgehead atoms. The van der Waals surface area contributed by atoms with Crippen molar-refractivity contribution in [2.75, 3.05) is 25.0 Å². The van der Waals surface area contributed by atoms with E-state index in [0.29, 0.717) is 24.1 Å². The van der Waals surface area contributed by atoms with Crippen molar-refractivity contribution in [1.82, 2.24) is 40.3 Å². The van der Waals surface area contributed by atoms with Crippen LogP contribution < -0.4 is 4.90 Å². The molecule has 0 aliphatic carbocycles. The van der Waals surface area contributed by atoms with Crippen LogP contribution in [-0.2, 0) is 13.0 Å². The number of aryl methyl sites for hydroxylation is 1. The molecule has 1 saturated heterocycles. The summed E-state index contributed by atoms with van der Waals surface area (Å²) in [5, 5.41) is 19.9. The average Bonchev–Trinajstić information content (AvgIpc) is 3.29. The first-order chi connectivity index (χ1) is 12.2. The Hall–Kier alpha value is -2.62. The zero-order valence-corrected chi connectivity index (χ0v) is 14.4. The summed E-state index contributed by atoms with van der Waals surface area (Å²) in [6.07, 6.45) is 3.01. The third-order valence-electron chi connectivity index (χ3n) is 4.62. The van der Waals surface area contributed by atoms with Crippen LogP contribution in [0.1, 0.15) is 31.5 Å². The predicted octanol–water partition coefficient (Wildman–Crippen LogP) is 0.565. The summed E-state index contributed by atoms with van der Waals surface area (Å²) in [5.74, 6) is 2.31.